The summed E-state index contributed by atoms with van der Waals surface area (Å²) in [6, 6.07) is 29.9. The van der Waals surface area contributed by atoms with Crippen LogP contribution in [0.25, 0.3) is 49.4 Å². The summed E-state index contributed by atoms with van der Waals surface area (Å²) in [6.07, 6.45) is 0. The lowest BCUT2D eigenvalue weighted by molar-refractivity contribution is 0.673. The average molecular weight is 383 g/mol. The summed E-state index contributed by atoms with van der Waals surface area (Å²) < 4.78 is 8.30. The Morgan fingerprint density at radius 3 is 2.10 bits per heavy atom. The molecule has 0 spiro atoms. The van der Waals surface area contributed by atoms with Crippen LogP contribution in [-0.2, 0) is 0 Å². The minimum atomic E-state index is 0.460. The maximum Gasteiger partial charge on any atom is 0.145 e. The van der Waals surface area contributed by atoms with Crippen LogP contribution in [-0.4, -0.2) is 4.57 Å². The lowest BCUT2D eigenvalue weighted by Crippen LogP contribution is -2.00. The molecule has 30 heavy (non-hydrogen) atoms. The van der Waals surface area contributed by atoms with Crippen LogP contribution in [0.4, 0.5) is 0 Å². The number of rotatable bonds is 1. The standard InChI is InChI=1S/C26H13N3O/c27-14-16-6-5-7-17(15-28)25(16)29-21-10-3-1-9-20(21)24-22(29)13-12-19-18-8-2-4-11-23(18)30-26(19)24/h1-13H. The third-order valence-electron chi connectivity index (χ3n) is 5.68. The normalized spacial score (nSPS) is 11.3. The third kappa shape index (κ3) is 2.02. The van der Waals surface area contributed by atoms with Gasteiger partial charge in [0, 0.05) is 16.2 Å². The van der Waals surface area contributed by atoms with E-state index in [1.54, 1.807) is 18.2 Å². The van der Waals surface area contributed by atoms with Crippen molar-refractivity contribution in [1.29, 1.82) is 10.5 Å². The topological polar surface area (TPSA) is 65.7 Å². The highest BCUT2D eigenvalue weighted by atomic mass is 16.3. The zero-order chi connectivity index (χ0) is 20.2. The first-order valence-corrected chi connectivity index (χ1v) is 9.59. The van der Waals surface area contributed by atoms with Crippen molar-refractivity contribution in [3.05, 3.63) is 90.0 Å². The molecule has 0 bridgehead atoms. The minimum absolute atomic E-state index is 0.460. The Balaban J connectivity index is 1.89. The Hall–Kier alpha value is -4.54. The molecule has 0 aliphatic rings. The molecule has 0 saturated heterocycles. The molecule has 0 N–H and O–H groups in total. The number of aromatic nitrogens is 1. The number of hydrogen-bond acceptors (Lipinski definition) is 3. The molecule has 0 amide bonds. The zero-order valence-corrected chi connectivity index (χ0v) is 15.8. The smallest absolute Gasteiger partial charge is 0.145 e. The molecule has 2 heterocycles. The molecular weight excluding hydrogens is 370 g/mol. The highest BCUT2D eigenvalue weighted by molar-refractivity contribution is 6.23. The molecule has 0 fully saturated rings. The summed E-state index contributed by atoms with van der Waals surface area (Å²) in [7, 11) is 0. The lowest BCUT2D eigenvalue weighted by atomic mass is 10.1. The van der Waals surface area contributed by atoms with E-state index in [0.717, 1.165) is 43.7 Å². The maximum atomic E-state index is 9.76. The Labute approximate surface area is 171 Å². The summed E-state index contributed by atoms with van der Waals surface area (Å²) >= 11 is 0. The SMILES string of the molecule is N#Cc1cccc(C#N)c1-n1c2ccccc2c2c3oc4ccccc4c3ccc21. The van der Waals surface area contributed by atoms with Gasteiger partial charge in [-0.05, 0) is 36.4 Å². The van der Waals surface area contributed by atoms with Gasteiger partial charge in [-0.3, -0.25) is 0 Å². The maximum absolute atomic E-state index is 9.76. The predicted molar refractivity (Wildman–Crippen MR) is 117 cm³/mol. The lowest BCUT2D eigenvalue weighted by Gasteiger charge is -2.11. The monoisotopic (exact) mass is 383 g/mol. The number of nitriles is 2. The van der Waals surface area contributed by atoms with Gasteiger partial charge >= 0.3 is 0 Å². The average Bonchev–Trinajstić information content (AvgIpc) is 3.34. The van der Waals surface area contributed by atoms with Crippen molar-refractivity contribution in [3.63, 3.8) is 0 Å². The zero-order valence-electron chi connectivity index (χ0n) is 15.8. The van der Waals surface area contributed by atoms with Gasteiger partial charge in [-0.1, -0.05) is 42.5 Å². The van der Waals surface area contributed by atoms with Crippen molar-refractivity contribution >= 4 is 43.7 Å². The van der Waals surface area contributed by atoms with Gasteiger partial charge in [-0.15, -0.1) is 0 Å². The fourth-order valence-electron chi connectivity index (χ4n) is 4.44. The number of para-hydroxylation sites is 3. The van der Waals surface area contributed by atoms with Crippen LogP contribution in [0.3, 0.4) is 0 Å². The van der Waals surface area contributed by atoms with Gasteiger partial charge in [-0.2, -0.15) is 10.5 Å². The Kier molecular flexibility index (Phi) is 3.27. The molecule has 0 aliphatic carbocycles. The fraction of sp³-hybridized carbons (Fsp3) is 0. The first kappa shape index (κ1) is 16.4. The number of furan rings is 1. The van der Waals surface area contributed by atoms with E-state index < -0.39 is 0 Å². The van der Waals surface area contributed by atoms with Gasteiger partial charge in [0.2, 0.25) is 0 Å². The van der Waals surface area contributed by atoms with Gasteiger partial charge < -0.3 is 8.98 Å². The molecular formula is C26H13N3O. The molecule has 4 heteroatoms. The Morgan fingerprint density at radius 1 is 0.633 bits per heavy atom. The van der Waals surface area contributed by atoms with Crippen LogP contribution in [0.5, 0.6) is 0 Å². The van der Waals surface area contributed by atoms with E-state index >= 15 is 0 Å². The predicted octanol–water partition coefficient (Wildman–Crippen LogP) is 6.43. The molecule has 4 nitrogen and oxygen atoms in total. The summed E-state index contributed by atoms with van der Waals surface area (Å²) in [4.78, 5) is 0. The summed E-state index contributed by atoms with van der Waals surface area (Å²) in [5.41, 5.74) is 5.01. The van der Waals surface area contributed by atoms with E-state index in [1.165, 1.54) is 0 Å². The van der Waals surface area contributed by atoms with Gasteiger partial charge in [0.1, 0.15) is 23.3 Å². The fourth-order valence-corrected chi connectivity index (χ4v) is 4.44. The second-order valence-electron chi connectivity index (χ2n) is 7.21. The van der Waals surface area contributed by atoms with E-state index in [4.69, 9.17) is 4.42 Å². The number of benzene rings is 4. The largest absolute Gasteiger partial charge is 0.455 e. The quantitative estimate of drug-likeness (QED) is 0.329. The van der Waals surface area contributed by atoms with Crippen molar-refractivity contribution in [2.75, 3.05) is 0 Å². The minimum Gasteiger partial charge on any atom is -0.455 e. The second-order valence-corrected chi connectivity index (χ2v) is 7.21. The van der Waals surface area contributed by atoms with E-state index in [9.17, 15) is 10.5 Å². The van der Waals surface area contributed by atoms with E-state index in [1.807, 2.05) is 41.0 Å². The highest BCUT2D eigenvalue weighted by Gasteiger charge is 2.21. The van der Waals surface area contributed by atoms with Crippen LogP contribution in [0, 0.1) is 22.7 Å². The van der Waals surface area contributed by atoms with Crippen LogP contribution >= 0.6 is 0 Å². The van der Waals surface area contributed by atoms with E-state index in [-0.39, 0.29) is 0 Å². The van der Waals surface area contributed by atoms with E-state index in [0.29, 0.717) is 16.8 Å². The van der Waals surface area contributed by atoms with Crippen molar-refractivity contribution in [1.82, 2.24) is 4.57 Å². The van der Waals surface area contributed by atoms with Crippen molar-refractivity contribution in [3.8, 4) is 17.8 Å². The van der Waals surface area contributed by atoms with Crippen molar-refractivity contribution in [2.24, 2.45) is 0 Å². The number of fused-ring (bicyclic) bond motifs is 7. The molecule has 138 valence electrons. The molecule has 6 aromatic rings. The summed E-state index contributed by atoms with van der Waals surface area (Å²) in [5.74, 6) is 0. The van der Waals surface area contributed by atoms with Crippen molar-refractivity contribution < 1.29 is 4.42 Å². The molecule has 0 saturated carbocycles. The molecule has 4 aromatic carbocycles. The Morgan fingerprint density at radius 2 is 1.33 bits per heavy atom. The molecule has 0 aliphatic heterocycles. The first-order chi connectivity index (χ1) is 14.8. The van der Waals surface area contributed by atoms with Crippen LogP contribution in [0.15, 0.2) is 83.3 Å². The van der Waals surface area contributed by atoms with Gasteiger partial charge in [0.05, 0.1) is 33.2 Å². The van der Waals surface area contributed by atoms with Crippen LogP contribution < -0.4 is 0 Å². The first-order valence-electron chi connectivity index (χ1n) is 9.59. The van der Waals surface area contributed by atoms with Gasteiger partial charge in [0.25, 0.3) is 0 Å². The van der Waals surface area contributed by atoms with Gasteiger partial charge in [0.15, 0.2) is 0 Å². The van der Waals surface area contributed by atoms with Crippen molar-refractivity contribution in [2.45, 2.75) is 0 Å². The molecule has 2 aromatic heterocycles. The third-order valence-corrected chi connectivity index (χ3v) is 5.68. The second kappa shape index (κ2) is 5.98. The van der Waals surface area contributed by atoms with Gasteiger partial charge in [-0.25, -0.2) is 0 Å². The molecule has 6 rings (SSSR count). The number of nitrogens with zero attached hydrogens (tertiary/aromatic N) is 3. The summed E-state index contributed by atoms with van der Waals surface area (Å²) in [5, 5.41) is 23.6. The van der Waals surface area contributed by atoms with Crippen LogP contribution in [0.1, 0.15) is 11.1 Å². The molecule has 0 atom stereocenters. The summed E-state index contributed by atoms with van der Waals surface area (Å²) in [6.45, 7) is 0. The molecule has 0 unspecified atom stereocenters. The Bertz CT molecular complexity index is 1690. The van der Waals surface area contributed by atoms with Crippen LogP contribution in [0.2, 0.25) is 0 Å². The molecule has 0 radical (unpaired) electrons. The highest BCUT2D eigenvalue weighted by Crippen LogP contribution is 2.41. The number of hydrogen-bond donors (Lipinski definition) is 0. The van der Waals surface area contributed by atoms with E-state index in [2.05, 4.69) is 36.4 Å².